The molecule has 0 aliphatic carbocycles. The molecule has 2 heterocycles. The van der Waals surface area contributed by atoms with Gasteiger partial charge in [0.2, 0.25) is 0 Å². The molecule has 7 nitrogen and oxygen atoms in total. The summed E-state index contributed by atoms with van der Waals surface area (Å²) >= 11 is 8.78. The quantitative estimate of drug-likeness (QED) is 0.435. The Labute approximate surface area is 179 Å². The molecule has 0 atom stereocenters. The van der Waals surface area contributed by atoms with E-state index in [1.54, 1.807) is 55.1 Å². The fourth-order valence-electron chi connectivity index (χ4n) is 3.29. The molecule has 1 saturated heterocycles. The summed E-state index contributed by atoms with van der Waals surface area (Å²) in [6.45, 7) is 1.71. The molecule has 0 radical (unpaired) electrons. The Morgan fingerprint density at radius 1 is 0.828 bits per heavy atom. The van der Waals surface area contributed by atoms with Crippen molar-refractivity contribution in [1.29, 1.82) is 0 Å². The third kappa shape index (κ3) is 2.93. The molecule has 0 spiro atoms. The first-order valence-corrected chi connectivity index (χ1v) is 9.85. The van der Waals surface area contributed by atoms with E-state index in [2.05, 4.69) is 15.9 Å². The maximum Gasteiger partial charge on any atom is 0.323 e. The molecule has 1 aliphatic heterocycles. The van der Waals surface area contributed by atoms with E-state index in [4.69, 9.17) is 12.2 Å². The summed E-state index contributed by atoms with van der Waals surface area (Å²) in [5.41, 5.74) is 1.25. The van der Waals surface area contributed by atoms with E-state index in [0.717, 1.165) is 14.3 Å². The van der Waals surface area contributed by atoms with Crippen molar-refractivity contribution in [1.82, 2.24) is 9.36 Å². The van der Waals surface area contributed by atoms with Gasteiger partial charge < -0.3 is 0 Å². The summed E-state index contributed by atoms with van der Waals surface area (Å²) in [7, 11) is 1.71. The Hall–Kier alpha value is -3.04. The third-order valence-electron chi connectivity index (χ3n) is 4.80. The summed E-state index contributed by atoms with van der Waals surface area (Å²) in [4.78, 5) is 40.9. The van der Waals surface area contributed by atoms with Crippen LogP contribution < -0.4 is 15.4 Å². The molecular weight excluding hydrogens is 456 g/mol. The maximum atomic E-state index is 13.2. The lowest BCUT2D eigenvalue weighted by atomic mass is 10.3. The van der Waals surface area contributed by atoms with E-state index >= 15 is 0 Å². The molecule has 146 valence electrons. The van der Waals surface area contributed by atoms with Crippen LogP contribution in [0.5, 0.6) is 0 Å². The summed E-state index contributed by atoms with van der Waals surface area (Å²) in [6, 6.07) is 15.9. The highest BCUT2D eigenvalue weighted by Gasteiger charge is 2.45. The number of halogens is 1. The Morgan fingerprint density at radius 3 is 2.03 bits per heavy atom. The molecule has 2 amide bonds. The zero-order valence-electron chi connectivity index (χ0n) is 15.5. The van der Waals surface area contributed by atoms with Crippen LogP contribution in [0.1, 0.15) is 5.69 Å². The molecule has 4 rings (SSSR count). The van der Waals surface area contributed by atoms with Gasteiger partial charge in [-0.25, -0.2) is 14.5 Å². The summed E-state index contributed by atoms with van der Waals surface area (Å²) in [5, 5.41) is -0.0478. The number of hydrogen-bond acceptors (Lipinski definition) is 4. The zero-order valence-corrected chi connectivity index (χ0v) is 17.9. The van der Waals surface area contributed by atoms with Crippen LogP contribution in [0.2, 0.25) is 0 Å². The van der Waals surface area contributed by atoms with Crippen LogP contribution in [0.25, 0.3) is 5.69 Å². The molecule has 3 aromatic rings. The van der Waals surface area contributed by atoms with Crippen LogP contribution in [0, 0.1) is 6.92 Å². The number of benzene rings is 2. The number of rotatable bonds is 3. The Kier molecular flexibility index (Phi) is 4.71. The SMILES string of the molecule is Cc1c(N2C(=O)C(=O)N(c3ccc(Br)cc3)C2=S)c(=O)n(-c2ccccc2)n1C. The number of para-hydroxylation sites is 1. The van der Waals surface area contributed by atoms with Crippen LogP contribution >= 0.6 is 28.1 Å². The average molecular weight is 471 g/mol. The van der Waals surface area contributed by atoms with Crippen LogP contribution in [0.15, 0.2) is 63.9 Å². The van der Waals surface area contributed by atoms with Crippen molar-refractivity contribution >= 4 is 56.4 Å². The highest BCUT2D eigenvalue weighted by Crippen LogP contribution is 2.29. The second-order valence-corrected chi connectivity index (χ2v) is 7.73. The predicted molar refractivity (Wildman–Crippen MR) is 117 cm³/mol. The second kappa shape index (κ2) is 7.09. The molecular formula is C20H15BrN4O3S. The van der Waals surface area contributed by atoms with Gasteiger partial charge in [-0.1, -0.05) is 34.1 Å². The van der Waals surface area contributed by atoms with E-state index in [0.29, 0.717) is 17.1 Å². The number of carbonyl (C=O) groups is 2. The third-order valence-corrected chi connectivity index (χ3v) is 5.70. The number of nitrogens with zero attached hydrogens (tertiary/aromatic N) is 4. The molecule has 0 unspecified atom stereocenters. The van der Waals surface area contributed by atoms with Gasteiger partial charge in [-0.15, -0.1) is 0 Å². The number of amides is 2. The molecule has 9 heteroatoms. The zero-order chi connectivity index (χ0) is 20.9. The van der Waals surface area contributed by atoms with Gasteiger partial charge in [0.1, 0.15) is 5.69 Å². The van der Waals surface area contributed by atoms with Crippen molar-refractivity contribution in [3.05, 3.63) is 75.1 Å². The Balaban J connectivity index is 1.85. The van der Waals surface area contributed by atoms with Gasteiger partial charge in [-0.3, -0.25) is 19.1 Å². The monoisotopic (exact) mass is 470 g/mol. The fourth-order valence-corrected chi connectivity index (χ4v) is 3.92. The number of aromatic nitrogens is 2. The van der Waals surface area contributed by atoms with Gasteiger partial charge in [-0.05, 0) is 55.5 Å². The minimum absolute atomic E-state index is 0.0478. The normalized spacial score (nSPS) is 14.2. The largest absolute Gasteiger partial charge is 0.323 e. The van der Waals surface area contributed by atoms with Gasteiger partial charge in [0.15, 0.2) is 5.11 Å². The first-order valence-electron chi connectivity index (χ1n) is 8.65. The van der Waals surface area contributed by atoms with Crippen molar-refractivity contribution < 1.29 is 9.59 Å². The second-order valence-electron chi connectivity index (χ2n) is 6.45. The van der Waals surface area contributed by atoms with E-state index in [1.165, 1.54) is 4.68 Å². The first kappa shape index (κ1) is 19.3. The molecule has 0 saturated carbocycles. The lowest BCUT2D eigenvalue weighted by molar-refractivity contribution is -0.133. The minimum atomic E-state index is -0.857. The van der Waals surface area contributed by atoms with E-state index < -0.39 is 17.4 Å². The van der Waals surface area contributed by atoms with Crippen molar-refractivity contribution in [3.8, 4) is 5.69 Å². The lowest BCUT2D eigenvalue weighted by Crippen LogP contribution is -2.36. The standard InChI is InChI=1S/C20H15BrN4O3S/c1-12-16(17(26)25(22(12)2)15-6-4-3-5-7-15)24-19(28)18(27)23(20(24)29)14-10-8-13(21)9-11-14/h3-11H,1-2H3. The number of hydrogen-bond donors (Lipinski definition) is 0. The first-order chi connectivity index (χ1) is 13.8. The van der Waals surface area contributed by atoms with E-state index in [-0.39, 0.29) is 10.8 Å². The van der Waals surface area contributed by atoms with Crippen LogP contribution in [0.3, 0.4) is 0 Å². The number of carbonyl (C=O) groups excluding carboxylic acids is 2. The minimum Gasteiger partial charge on any atom is -0.283 e. The number of thiocarbonyl (C=S) groups is 1. The van der Waals surface area contributed by atoms with E-state index in [1.807, 2.05) is 18.2 Å². The lowest BCUT2D eigenvalue weighted by Gasteiger charge is -2.17. The van der Waals surface area contributed by atoms with Gasteiger partial charge >= 0.3 is 11.8 Å². The summed E-state index contributed by atoms with van der Waals surface area (Å²) < 4.78 is 3.90. The van der Waals surface area contributed by atoms with Gasteiger partial charge in [0, 0.05) is 11.5 Å². The van der Waals surface area contributed by atoms with Gasteiger partial charge in [0.05, 0.1) is 17.1 Å². The molecule has 1 aromatic heterocycles. The summed E-state index contributed by atoms with van der Waals surface area (Å²) in [5.74, 6) is -1.66. The Morgan fingerprint density at radius 2 is 1.41 bits per heavy atom. The van der Waals surface area contributed by atoms with Gasteiger partial charge in [0.25, 0.3) is 5.56 Å². The molecule has 29 heavy (non-hydrogen) atoms. The van der Waals surface area contributed by atoms with Gasteiger partial charge in [-0.2, -0.15) is 0 Å². The average Bonchev–Trinajstić information content (AvgIpc) is 3.06. The van der Waals surface area contributed by atoms with Crippen LogP contribution in [-0.4, -0.2) is 26.3 Å². The van der Waals surface area contributed by atoms with E-state index in [9.17, 15) is 14.4 Å². The Bertz CT molecular complexity index is 1220. The van der Waals surface area contributed by atoms with Crippen LogP contribution in [-0.2, 0) is 16.6 Å². The predicted octanol–water partition coefficient (Wildman–Crippen LogP) is 2.91. The fraction of sp³-hybridized carbons (Fsp3) is 0.100. The molecule has 0 N–H and O–H groups in total. The highest BCUT2D eigenvalue weighted by atomic mass is 79.9. The summed E-state index contributed by atoms with van der Waals surface area (Å²) in [6.07, 6.45) is 0. The topological polar surface area (TPSA) is 67.6 Å². The van der Waals surface area contributed by atoms with Crippen molar-refractivity contribution in [2.45, 2.75) is 6.92 Å². The smallest absolute Gasteiger partial charge is 0.283 e. The van der Waals surface area contributed by atoms with Crippen molar-refractivity contribution in [2.75, 3.05) is 9.80 Å². The highest BCUT2D eigenvalue weighted by molar-refractivity contribution is 9.10. The number of anilines is 2. The molecule has 0 bridgehead atoms. The molecule has 2 aromatic carbocycles. The molecule has 1 aliphatic rings. The van der Waals surface area contributed by atoms with Crippen LogP contribution in [0.4, 0.5) is 11.4 Å². The van der Waals surface area contributed by atoms with Crippen molar-refractivity contribution in [2.24, 2.45) is 7.05 Å². The molecule has 1 fully saturated rings. The van der Waals surface area contributed by atoms with Crippen molar-refractivity contribution in [3.63, 3.8) is 0 Å². The maximum absolute atomic E-state index is 13.2.